The van der Waals surface area contributed by atoms with E-state index in [9.17, 15) is 9.18 Å². The van der Waals surface area contributed by atoms with Gasteiger partial charge in [0, 0.05) is 12.4 Å². The lowest BCUT2D eigenvalue weighted by Gasteiger charge is -2.05. The Morgan fingerprint density at radius 1 is 1.26 bits per heavy atom. The summed E-state index contributed by atoms with van der Waals surface area (Å²) in [7, 11) is 0. The maximum Gasteiger partial charge on any atom is 0.279 e. The first kappa shape index (κ1) is 15.5. The van der Waals surface area contributed by atoms with E-state index in [1.807, 2.05) is 0 Å². The van der Waals surface area contributed by atoms with E-state index in [1.165, 1.54) is 18.5 Å². The zero-order valence-electron chi connectivity index (χ0n) is 11.9. The van der Waals surface area contributed by atoms with Crippen molar-refractivity contribution in [2.24, 2.45) is 0 Å². The van der Waals surface area contributed by atoms with Gasteiger partial charge in [0.25, 0.3) is 5.56 Å². The van der Waals surface area contributed by atoms with Crippen LogP contribution in [0, 0.1) is 5.82 Å². The van der Waals surface area contributed by atoms with Crippen LogP contribution in [0.1, 0.15) is 11.4 Å². The van der Waals surface area contributed by atoms with Crippen molar-refractivity contribution < 1.29 is 9.13 Å². The van der Waals surface area contributed by atoms with Gasteiger partial charge >= 0.3 is 0 Å². The van der Waals surface area contributed by atoms with Gasteiger partial charge in [-0.3, -0.25) is 4.79 Å². The Labute approximate surface area is 135 Å². The largest absolute Gasteiger partial charge is 0.373 e. The van der Waals surface area contributed by atoms with Gasteiger partial charge in [0.15, 0.2) is 11.2 Å². The fourth-order valence-electron chi connectivity index (χ4n) is 2.04. The Morgan fingerprint density at radius 2 is 2.09 bits per heavy atom. The monoisotopic (exact) mass is 334 g/mol. The average Bonchev–Trinajstić information content (AvgIpc) is 2.55. The highest BCUT2D eigenvalue weighted by Gasteiger charge is 2.06. The maximum absolute atomic E-state index is 13.1. The summed E-state index contributed by atoms with van der Waals surface area (Å²) in [5.41, 5.74) is 0.978. The average molecular weight is 335 g/mol. The molecule has 0 fully saturated rings. The summed E-state index contributed by atoms with van der Waals surface area (Å²) in [5.74, 6) is -0.0736. The number of H-pyrrole nitrogens is 1. The van der Waals surface area contributed by atoms with Crippen molar-refractivity contribution in [1.82, 2.24) is 19.9 Å². The van der Waals surface area contributed by atoms with Crippen molar-refractivity contribution >= 4 is 22.8 Å². The molecule has 0 saturated heterocycles. The normalized spacial score (nSPS) is 11.0. The van der Waals surface area contributed by atoms with E-state index in [-0.39, 0.29) is 28.4 Å². The number of ether oxygens (including phenoxy) is 1. The van der Waals surface area contributed by atoms with Crippen molar-refractivity contribution in [3.05, 3.63) is 63.2 Å². The number of hydrogen-bond acceptors (Lipinski definition) is 5. The van der Waals surface area contributed by atoms with Crippen LogP contribution in [0.2, 0.25) is 5.02 Å². The molecule has 23 heavy (non-hydrogen) atoms. The molecule has 1 N–H and O–H groups in total. The molecule has 0 bridgehead atoms. The van der Waals surface area contributed by atoms with Crippen molar-refractivity contribution in [3.63, 3.8) is 0 Å². The van der Waals surface area contributed by atoms with Gasteiger partial charge in [-0.25, -0.2) is 19.3 Å². The Bertz CT molecular complexity index is 900. The molecule has 8 heteroatoms. The van der Waals surface area contributed by atoms with Crippen LogP contribution in [0.3, 0.4) is 0 Å². The van der Waals surface area contributed by atoms with Gasteiger partial charge in [0.1, 0.15) is 18.2 Å². The SMILES string of the molecule is O=c1[nH]c(COCCc2ccc(F)c(Cl)c2)nc2nccnc12. The molecule has 3 rings (SSSR count). The molecule has 0 aliphatic rings. The van der Waals surface area contributed by atoms with Crippen molar-refractivity contribution in [3.8, 4) is 0 Å². The number of nitrogens with one attached hydrogen (secondary N) is 1. The molecule has 0 spiro atoms. The molecule has 0 saturated carbocycles. The molecule has 0 aliphatic heterocycles. The Hall–Kier alpha value is -2.38. The van der Waals surface area contributed by atoms with Gasteiger partial charge in [-0.05, 0) is 24.1 Å². The smallest absolute Gasteiger partial charge is 0.279 e. The van der Waals surface area contributed by atoms with Crippen LogP contribution < -0.4 is 5.56 Å². The molecule has 2 aromatic heterocycles. The number of halogens is 2. The zero-order valence-corrected chi connectivity index (χ0v) is 12.7. The lowest BCUT2D eigenvalue weighted by molar-refractivity contribution is 0.118. The van der Waals surface area contributed by atoms with Crippen LogP contribution >= 0.6 is 11.6 Å². The summed E-state index contributed by atoms with van der Waals surface area (Å²) in [5, 5.41) is 0.0848. The molecule has 0 atom stereocenters. The molecule has 118 valence electrons. The summed E-state index contributed by atoms with van der Waals surface area (Å²) in [4.78, 5) is 26.5. The Kier molecular flexibility index (Phi) is 4.59. The molecule has 0 unspecified atom stereocenters. The van der Waals surface area contributed by atoms with Crippen LogP contribution in [0.5, 0.6) is 0 Å². The first-order chi connectivity index (χ1) is 11.1. The fourth-order valence-corrected chi connectivity index (χ4v) is 2.24. The van der Waals surface area contributed by atoms with Crippen LogP contribution in [0.25, 0.3) is 11.2 Å². The first-order valence-corrected chi connectivity index (χ1v) is 7.23. The zero-order chi connectivity index (χ0) is 16.2. The third-order valence-electron chi connectivity index (χ3n) is 3.15. The van der Waals surface area contributed by atoms with E-state index in [4.69, 9.17) is 16.3 Å². The molecule has 0 aliphatic carbocycles. The van der Waals surface area contributed by atoms with E-state index in [1.54, 1.807) is 12.1 Å². The Morgan fingerprint density at radius 3 is 2.91 bits per heavy atom. The highest BCUT2D eigenvalue weighted by Crippen LogP contribution is 2.16. The maximum atomic E-state index is 13.1. The number of benzene rings is 1. The van der Waals surface area contributed by atoms with Gasteiger partial charge < -0.3 is 9.72 Å². The molecular weight excluding hydrogens is 323 g/mol. The third kappa shape index (κ3) is 3.69. The highest BCUT2D eigenvalue weighted by molar-refractivity contribution is 6.30. The minimum atomic E-state index is -0.449. The summed E-state index contributed by atoms with van der Waals surface area (Å²) in [6.07, 6.45) is 3.47. The lowest BCUT2D eigenvalue weighted by Crippen LogP contribution is -2.15. The third-order valence-corrected chi connectivity index (χ3v) is 3.44. The van der Waals surface area contributed by atoms with E-state index in [0.29, 0.717) is 18.9 Å². The number of aromatic nitrogens is 4. The minimum Gasteiger partial charge on any atom is -0.373 e. The highest BCUT2D eigenvalue weighted by atomic mass is 35.5. The lowest BCUT2D eigenvalue weighted by atomic mass is 10.1. The fraction of sp³-hybridized carbons (Fsp3) is 0.200. The molecule has 3 aromatic rings. The van der Waals surface area contributed by atoms with E-state index >= 15 is 0 Å². The van der Waals surface area contributed by atoms with E-state index in [2.05, 4.69) is 19.9 Å². The van der Waals surface area contributed by atoms with Crippen molar-refractivity contribution in [2.75, 3.05) is 6.61 Å². The number of nitrogens with zero attached hydrogens (tertiary/aromatic N) is 3. The van der Waals surface area contributed by atoms with Gasteiger partial charge in [-0.15, -0.1) is 0 Å². The van der Waals surface area contributed by atoms with Crippen LogP contribution in [-0.4, -0.2) is 26.5 Å². The molecule has 0 radical (unpaired) electrons. The van der Waals surface area contributed by atoms with E-state index in [0.717, 1.165) is 5.56 Å². The summed E-state index contributed by atoms with van der Waals surface area (Å²) >= 11 is 5.72. The van der Waals surface area contributed by atoms with E-state index < -0.39 is 5.82 Å². The van der Waals surface area contributed by atoms with Gasteiger partial charge in [-0.2, -0.15) is 0 Å². The quantitative estimate of drug-likeness (QED) is 0.724. The Balaban J connectivity index is 1.60. The van der Waals surface area contributed by atoms with Crippen molar-refractivity contribution in [1.29, 1.82) is 0 Å². The predicted molar refractivity (Wildman–Crippen MR) is 82.7 cm³/mol. The van der Waals surface area contributed by atoms with Gasteiger partial charge in [0.05, 0.1) is 11.6 Å². The van der Waals surface area contributed by atoms with Gasteiger partial charge in [-0.1, -0.05) is 17.7 Å². The molecule has 2 heterocycles. The second-order valence-electron chi connectivity index (χ2n) is 4.79. The minimum absolute atomic E-state index is 0.0848. The topological polar surface area (TPSA) is 80.8 Å². The van der Waals surface area contributed by atoms with Gasteiger partial charge in [0.2, 0.25) is 0 Å². The predicted octanol–water partition coefficient (Wildman–Crippen LogP) is 2.26. The second-order valence-corrected chi connectivity index (χ2v) is 5.20. The summed E-state index contributed by atoms with van der Waals surface area (Å²) in [6, 6.07) is 4.53. The number of aromatic amines is 1. The summed E-state index contributed by atoms with van der Waals surface area (Å²) < 4.78 is 18.5. The standard InChI is InChI=1S/C15H12ClFN4O2/c16-10-7-9(1-2-11(10)17)3-6-23-8-12-20-14-13(15(22)21-12)18-4-5-19-14/h1-2,4-5,7H,3,6,8H2,(H,19,20,21,22). The second kappa shape index (κ2) is 6.80. The number of rotatable bonds is 5. The number of fused-ring (bicyclic) bond motifs is 1. The molecule has 1 aromatic carbocycles. The molecular formula is C15H12ClFN4O2. The van der Waals surface area contributed by atoms with Crippen LogP contribution in [0.15, 0.2) is 35.4 Å². The van der Waals surface area contributed by atoms with Crippen LogP contribution in [0.4, 0.5) is 4.39 Å². The summed E-state index contributed by atoms with van der Waals surface area (Å²) in [6.45, 7) is 0.515. The van der Waals surface area contributed by atoms with Crippen LogP contribution in [-0.2, 0) is 17.8 Å². The van der Waals surface area contributed by atoms with Crippen molar-refractivity contribution in [2.45, 2.75) is 13.0 Å². The first-order valence-electron chi connectivity index (χ1n) is 6.85. The number of hydrogen-bond donors (Lipinski definition) is 1. The molecule has 6 nitrogen and oxygen atoms in total. The molecule has 0 amide bonds.